The molecule has 0 fully saturated rings. The van der Waals surface area contributed by atoms with Crippen molar-refractivity contribution in [2.24, 2.45) is 10.1 Å². The quantitative estimate of drug-likeness (QED) is 0.669. The maximum atomic E-state index is 12.3. The standard InChI is InChI=1S/C24H29N5O2/c1-16-9-11-19(12-10-16)13-14-22(30)26-15-17(2)28-29-18(3)20-7-6-8-21(31-5)23(20)27-24(29)25-4/h6-12H,3,13-15H2,1-2,4-5H3,(H,25,27)(H,26,30)/b28-17+. The predicted octanol–water partition coefficient (Wildman–Crippen LogP) is 3.81. The molecule has 0 saturated heterocycles. The normalized spacial score (nSPS) is 14.8. The Hall–Kier alpha value is -3.61. The van der Waals surface area contributed by atoms with Crippen LogP contribution < -0.4 is 15.4 Å². The Kier molecular flexibility index (Phi) is 7.07. The molecule has 2 N–H and O–H groups in total. The van der Waals surface area contributed by atoms with Crippen LogP contribution in [0.4, 0.5) is 5.69 Å². The van der Waals surface area contributed by atoms with Crippen LogP contribution in [0.2, 0.25) is 0 Å². The summed E-state index contributed by atoms with van der Waals surface area (Å²) in [6.45, 7) is 8.44. The number of para-hydroxylation sites is 1. The Balaban J connectivity index is 1.62. The van der Waals surface area contributed by atoms with E-state index in [2.05, 4.69) is 58.5 Å². The Morgan fingerprint density at radius 2 is 1.97 bits per heavy atom. The molecule has 1 aliphatic rings. The highest BCUT2D eigenvalue weighted by Crippen LogP contribution is 2.37. The Labute approximate surface area is 183 Å². The molecule has 0 bridgehead atoms. The number of carbonyl (C=O) groups excluding carboxylic acids is 1. The number of amides is 1. The monoisotopic (exact) mass is 419 g/mol. The molecule has 0 radical (unpaired) electrons. The zero-order valence-corrected chi connectivity index (χ0v) is 18.5. The second-order valence-corrected chi connectivity index (χ2v) is 7.41. The largest absolute Gasteiger partial charge is 0.495 e. The number of methoxy groups -OCH3 is 1. The number of carbonyl (C=O) groups is 1. The van der Waals surface area contributed by atoms with E-state index in [9.17, 15) is 4.79 Å². The fourth-order valence-electron chi connectivity index (χ4n) is 3.27. The molecule has 2 aromatic rings. The molecule has 0 saturated carbocycles. The topological polar surface area (TPSA) is 78.3 Å². The van der Waals surface area contributed by atoms with Crippen molar-refractivity contribution in [1.29, 1.82) is 0 Å². The highest BCUT2D eigenvalue weighted by Gasteiger charge is 2.27. The first kappa shape index (κ1) is 22.1. The van der Waals surface area contributed by atoms with Crippen LogP contribution in [0.1, 0.15) is 30.0 Å². The third-order valence-corrected chi connectivity index (χ3v) is 5.04. The van der Waals surface area contributed by atoms with E-state index < -0.39 is 0 Å². The van der Waals surface area contributed by atoms with Gasteiger partial charge in [-0.3, -0.25) is 9.79 Å². The summed E-state index contributed by atoms with van der Waals surface area (Å²) in [5.41, 5.74) is 5.47. The van der Waals surface area contributed by atoms with Crippen LogP contribution in [-0.2, 0) is 11.2 Å². The molecule has 1 heterocycles. The van der Waals surface area contributed by atoms with Crippen molar-refractivity contribution >= 4 is 29.0 Å². The van der Waals surface area contributed by atoms with E-state index in [1.807, 2.05) is 25.1 Å². The highest BCUT2D eigenvalue weighted by molar-refractivity contribution is 6.07. The van der Waals surface area contributed by atoms with Gasteiger partial charge >= 0.3 is 0 Å². The van der Waals surface area contributed by atoms with Crippen LogP contribution in [0.25, 0.3) is 5.70 Å². The fraction of sp³-hybridized carbons (Fsp3) is 0.292. The van der Waals surface area contributed by atoms with Crippen molar-refractivity contribution in [1.82, 2.24) is 10.3 Å². The van der Waals surface area contributed by atoms with Crippen molar-refractivity contribution in [2.75, 3.05) is 26.0 Å². The number of aliphatic imine (C=N–C) groups is 1. The van der Waals surface area contributed by atoms with E-state index in [1.54, 1.807) is 19.2 Å². The molecule has 0 unspecified atom stereocenters. The van der Waals surface area contributed by atoms with Crippen molar-refractivity contribution < 1.29 is 9.53 Å². The zero-order valence-electron chi connectivity index (χ0n) is 18.5. The summed E-state index contributed by atoms with van der Waals surface area (Å²) in [5, 5.41) is 12.5. The lowest BCUT2D eigenvalue weighted by Crippen LogP contribution is -2.37. The SMILES string of the molecule is C=C1c2cccc(OC)c2NC(=NC)N1/N=C(\C)CNC(=O)CCc1ccc(C)cc1. The summed E-state index contributed by atoms with van der Waals surface area (Å²) >= 11 is 0. The van der Waals surface area contributed by atoms with Gasteiger partial charge in [0.25, 0.3) is 0 Å². The molecule has 0 atom stereocenters. The van der Waals surface area contributed by atoms with Crippen LogP contribution >= 0.6 is 0 Å². The summed E-state index contributed by atoms with van der Waals surface area (Å²) in [5.74, 6) is 1.23. The molecule has 1 amide bonds. The minimum Gasteiger partial charge on any atom is -0.495 e. The van der Waals surface area contributed by atoms with Gasteiger partial charge in [0, 0.05) is 19.0 Å². The fourth-order valence-corrected chi connectivity index (χ4v) is 3.27. The first-order valence-corrected chi connectivity index (χ1v) is 10.2. The molecule has 0 spiro atoms. The minimum absolute atomic E-state index is 0.00909. The second kappa shape index (κ2) is 9.93. The first-order valence-electron chi connectivity index (χ1n) is 10.2. The van der Waals surface area contributed by atoms with E-state index >= 15 is 0 Å². The van der Waals surface area contributed by atoms with Crippen LogP contribution in [0, 0.1) is 6.92 Å². The average Bonchev–Trinajstić information content (AvgIpc) is 2.78. The van der Waals surface area contributed by atoms with Crippen LogP contribution in [0.5, 0.6) is 5.75 Å². The third kappa shape index (κ3) is 5.31. The number of fused-ring (bicyclic) bond motifs is 1. The van der Waals surface area contributed by atoms with Crippen molar-refractivity contribution in [3.63, 3.8) is 0 Å². The molecule has 7 nitrogen and oxygen atoms in total. The van der Waals surface area contributed by atoms with E-state index in [1.165, 1.54) is 5.56 Å². The number of rotatable bonds is 7. The third-order valence-electron chi connectivity index (χ3n) is 5.04. The molecule has 31 heavy (non-hydrogen) atoms. The van der Waals surface area contributed by atoms with Gasteiger partial charge in [-0.2, -0.15) is 5.10 Å². The smallest absolute Gasteiger partial charge is 0.224 e. The van der Waals surface area contributed by atoms with Crippen molar-refractivity contribution in [3.8, 4) is 5.75 Å². The number of ether oxygens (including phenoxy) is 1. The summed E-state index contributed by atoms with van der Waals surface area (Å²) in [4.78, 5) is 16.5. The number of anilines is 1. The van der Waals surface area contributed by atoms with Crippen molar-refractivity contribution in [2.45, 2.75) is 26.7 Å². The van der Waals surface area contributed by atoms with Crippen LogP contribution in [-0.4, -0.2) is 43.3 Å². The van der Waals surface area contributed by atoms with Gasteiger partial charge in [0.2, 0.25) is 11.9 Å². The van der Waals surface area contributed by atoms with Gasteiger partial charge in [-0.25, -0.2) is 5.01 Å². The van der Waals surface area contributed by atoms with Gasteiger partial charge in [0.05, 0.1) is 30.8 Å². The number of hydrazone groups is 1. The molecule has 3 rings (SSSR count). The van der Waals surface area contributed by atoms with Gasteiger partial charge < -0.3 is 15.4 Å². The number of guanidine groups is 1. The number of hydrogen-bond donors (Lipinski definition) is 2. The van der Waals surface area contributed by atoms with E-state index in [-0.39, 0.29) is 5.91 Å². The molecule has 0 aromatic heterocycles. The minimum atomic E-state index is -0.00909. The van der Waals surface area contributed by atoms with E-state index in [0.29, 0.717) is 36.8 Å². The molecule has 162 valence electrons. The number of nitrogens with one attached hydrogen (secondary N) is 2. The Bertz CT molecular complexity index is 1020. The number of aryl methyl sites for hydroxylation is 2. The summed E-state index contributed by atoms with van der Waals surface area (Å²) in [7, 11) is 3.31. The maximum absolute atomic E-state index is 12.3. The average molecular weight is 420 g/mol. The molecular formula is C24H29N5O2. The number of hydrogen-bond acceptors (Lipinski definition) is 4. The maximum Gasteiger partial charge on any atom is 0.224 e. The van der Waals surface area contributed by atoms with Crippen LogP contribution in [0.3, 0.4) is 0 Å². The van der Waals surface area contributed by atoms with Gasteiger partial charge in [0.1, 0.15) is 5.75 Å². The summed E-state index contributed by atoms with van der Waals surface area (Å²) in [6, 6.07) is 14.0. The lowest BCUT2D eigenvalue weighted by Gasteiger charge is -2.31. The van der Waals surface area contributed by atoms with Gasteiger partial charge in [-0.1, -0.05) is 48.5 Å². The molecule has 1 aliphatic heterocycles. The number of benzene rings is 2. The predicted molar refractivity (Wildman–Crippen MR) is 126 cm³/mol. The van der Waals surface area contributed by atoms with E-state index in [4.69, 9.17) is 4.74 Å². The molecule has 7 heteroatoms. The van der Waals surface area contributed by atoms with Crippen LogP contribution in [0.15, 0.2) is 59.1 Å². The van der Waals surface area contributed by atoms with E-state index in [0.717, 1.165) is 22.5 Å². The second-order valence-electron chi connectivity index (χ2n) is 7.41. The molecular weight excluding hydrogens is 390 g/mol. The van der Waals surface area contributed by atoms with Gasteiger partial charge in [-0.15, -0.1) is 0 Å². The molecule has 0 aliphatic carbocycles. The van der Waals surface area contributed by atoms with Gasteiger partial charge in [0.15, 0.2) is 0 Å². The van der Waals surface area contributed by atoms with Crippen molar-refractivity contribution in [3.05, 3.63) is 65.7 Å². The highest BCUT2D eigenvalue weighted by atomic mass is 16.5. The lowest BCUT2D eigenvalue weighted by atomic mass is 10.1. The summed E-state index contributed by atoms with van der Waals surface area (Å²) < 4.78 is 5.44. The lowest BCUT2D eigenvalue weighted by molar-refractivity contribution is -0.120. The molecule has 2 aromatic carbocycles. The Morgan fingerprint density at radius 3 is 2.65 bits per heavy atom. The zero-order chi connectivity index (χ0) is 22.4. The summed E-state index contributed by atoms with van der Waals surface area (Å²) in [6.07, 6.45) is 1.14. The number of nitrogens with zero attached hydrogens (tertiary/aromatic N) is 3. The van der Waals surface area contributed by atoms with Gasteiger partial charge in [-0.05, 0) is 31.9 Å². The Morgan fingerprint density at radius 1 is 1.23 bits per heavy atom. The first-order chi connectivity index (χ1) is 14.9.